The monoisotopic (exact) mass is 126 g/mol. The molecule has 0 spiro atoms. The van der Waals surface area contributed by atoms with E-state index in [1.807, 2.05) is 0 Å². The Hall–Kier alpha value is -0.850. The second-order valence-corrected chi connectivity index (χ2v) is 1.55. The van der Waals surface area contributed by atoms with E-state index in [1.165, 1.54) is 6.08 Å². The van der Waals surface area contributed by atoms with Crippen LogP contribution in [0.15, 0.2) is 24.8 Å². The molecule has 0 rings (SSSR count). The Balaban J connectivity index is 4.15. The smallest absolute Gasteiger partial charge is 0.158 e. The van der Waals surface area contributed by atoms with Crippen LogP contribution in [-0.4, -0.2) is 5.78 Å². The van der Waals surface area contributed by atoms with Crippen LogP contribution in [0.4, 0.5) is 0 Å². The van der Waals surface area contributed by atoms with Gasteiger partial charge in [-0.05, 0) is 12.5 Å². The van der Waals surface area contributed by atoms with Gasteiger partial charge in [0.05, 0.1) is 2.74 Å². The van der Waals surface area contributed by atoms with Gasteiger partial charge in [-0.25, -0.2) is 0 Å². The summed E-state index contributed by atoms with van der Waals surface area (Å²) in [6.45, 7) is 5.07. The Labute approximate surface area is 58.9 Å². The SMILES string of the molecule is [2H]/C(CC)=C(\[2H])CC(=O)C=C. The van der Waals surface area contributed by atoms with Crippen LogP contribution in [0.3, 0.4) is 0 Å². The number of allylic oxidation sites excluding steroid dienone is 3. The minimum Gasteiger partial charge on any atom is -0.295 e. The van der Waals surface area contributed by atoms with E-state index in [1.54, 1.807) is 6.92 Å². The molecule has 0 unspecified atom stereocenters. The van der Waals surface area contributed by atoms with Crippen LogP contribution in [0.2, 0.25) is 0 Å². The first-order valence-electron chi connectivity index (χ1n) is 3.92. The molecule has 0 N–H and O–H groups in total. The largest absolute Gasteiger partial charge is 0.295 e. The molecular weight excluding hydrogens is 112 g/mol. The second-order valence-electron chi connectivity index (χ2n) is 1.55. The van der Waals surface area contributed by atoms with E-state index in [0.717, 1.165) is 0 Å². The van der Waals surface area contributed by atoms with E-state index >= 15 is 0 Å². The molecule has 0 radical (unpaired) electrons. The van der Waals surface area contributed by atoms with Crippen molar-refractivity contribution in [3.63, 3.8) is 0 Å². The number of hydrogen-bond acceptors (Lipinski definition) is 1. The summed E-state index contributed by atoms with van der Waals surface area (Å²) in [6, 6.07) is 0.317. The van der Waals surface area contributed by atoms with Crippen LogP contribution in [-0.2, 0) is 4.79 Å². The molecule has 0 aromatic rings. The lowest BCUT2D eigenvalue weighted by Gasteiger charge is -1.82. The van der Waals surface area contributed by atoms with Crippen LogP contribution in [0.1, 0.15) is 22.5 Å². The maximum absolute atomic E-state index is 10.7. The normalized spacial score (nSPS) is 15.2. The van der Waals surface area contributed by atoms with Gasteiger partial charge in [-0.3, -0.25) is 4.79 Å². The van der Waals surface area contributed by atoms with Gasteiger partial charge in [0.2, 0.25) is 0 Å². The van der Waals surface area contributed by atoms with Crippen LogP contribution in [0.25, 0.3) is 0 Å². The zero-order valence-corrected chi connectivity index (χ0v) is 5.61. The first-order valence-corrected chi connectivity index (χ1v) is 2.92. The highest BCUT2D eigenvalue weighted by Crippen LogP contribution is 1.87. The van der Waals surface area contributed by atoms with Crippen LogP contribution in [0.5, 0.6) is 0 Å². The van der Waals surface area contributed by atoms with Crippen LogP contribution in [0, 0.1) is 0 Å². The van der Waals surface area contributed by atoms with Gasteiger partial charge >= 0.3 is 0 Å². The molecule has 0 saturated heterocycles. The first-order chi connectivity index (χ1) is 5.11. The summed E-state index contributed by atoms with van der Waals surface area (Å²) in [7, 11) is 0. The summed E-state index contributed by atoms with van der Waals surface area (Å²) in [5.41, 5.74) is 0. The summed E-state index contributed by atoms with van der Waals surface area (Å²) < 4.78 is 14.4. The van der Waals surface area contributed by atoms with Crippen LogP contribution < -0.4 is 0 Å². The molecule has 0 aliphatic heterocycles. The van der Waals surface area contributed by atoms with E-state index in [4.69, 9.17) is 2.74 Å². The van der Waals surface area contributed by atoms with E-state index in [-0.39, 0.29) is 24.3 Å². The molecule has 50 valence electrons. The maximum atomic E-state index is 10.7. The van der Waals surface area contributed by atoms with E-state index in [2.05, 4.69) is 6.58 Å². The Kier molecular flexibility index (Phi) is 2.93. The lowest BCUT2D eigenvalue weighted by atomic mass is 10.2. The number of carbonyl (C=O) groups excluding carboxylic acids is 1. The van der Waals surface area contributed by atoms with E-state index < -0.39 is 0 Å². The molecule has 0 saturated carbocycles. The van der Waals surface area contributed by atoms with Crippen molar-refractivity contribution < 1.29 is 7.54 Å². The summed E-state index contributed by atoms with van der Waals surface area (Å²) in [5.74, 6) is -0.201. The highest BCUT2D eigenvalue weighted by atomic mass is 16.1. The summed E-state index contributed by atoms with van der Waals surface area (Å²) in [4.78, 5) is 10.7. The molecule has 0 aromatic carbocycles. The molecule has 0 heterocycles. The molecule has 1 nitrogen and oxygen atoms in total. The summed E-state index contributed by atoms with van der Waals surface area (Å²) >= 11 is 0. The zero-order valence-electron chi connectivity index (χ0n) is 7.61. The van der Waals surface area contributed by atoms with Crippen molar-refractivity contribution in [2.75, 3.05) is 0 Å². The van der Waals surface area contributed by atoms with Crippen molar-refractivity contribution >= 4 is 5.78 Å². The first kappa shape index (κ1) is 4.98. The molecule has 1 heteroatoms. The van der Waals surface area contributed by atoms with Gasteiger partial charge in [0, 0.05) is 6.42 Å². The molecule has 0 bridgehead atoms. The van der Waals surface area contributed by atoms with Gasteiger partial charge in [-0.15, -0.1) is 0 Å². The van der Waals surface area contributed by atoms with E-state index in [0.29, 0.717) is 6.42 Å². The van der Waals surface area contributed by atoms with Crippen molar-refractivity contribution in [2.45, 2.75) is 19.8 Å². The van der Waals surface area contributed by atoms with Crippen molar-refractivity contribution in [2.24, 2.45) is 0 Å². The Bertz CT molecular complexity index is 194. The molecular formula is C8H12O. The topological polar surface area (TPSA) is 17.1 Å². The number of hydrogen-bond donors (Lipinski definition) is 0. The molecule has 0 atom stereocenters. The Morgan fingerprint density at radius 2 is 2.44 bits per heavy atom. The third-order valence-corrected chi connectivity index (χ3v) is 0.792. The predicted molar refractivity (Wildman–Crippen MR) is 39.3 cm³/mol. The second kappa shape index (κ2) is 5.29. The molecule has 0 fully saturated rings. The average molecular weight is 126 g/mol. The molecule has 0 aliphatic carbocycles. The van der Waals surface area contributed by atoms with Crippen LogP contribution >= 0.6 is 0 Å². The van der Waals surface area contributed by atoms with E-state index in [9.17, 15) is 4.79 Å². The lowest BCUT2D eigenvalue weighted by Crippen LogP contribution is -1.86. The quantitative estimate of drug-likeness (QED) is 0.416. The van der Waals surface area contributed by atoms with Crippen molar-refractivity contribution in [3.05, 3.63) is 24.8 Å². The molecule has 0 aromatic heterocycles. The maximum Gasteiger partial charge on any atom is 0.158 e. The Morgan fingerprint density at radius 3 is 2.89 bits per heavy atom. The highest BCUT2D eigenvalue weighted by Gasteiger charge is 1.86. The predicted octanol–water partition coefficient (Wildman–Crippen LogP) is 2.10. The van der Waals surface area contributed by atoms with Crippen molar-refractivity contribution in [1.82, 2.24) is 0 Å². The van der Waals surface area contributed by atoms with Gasteiger partial charge < -0.3 is 0 Å². The fraction of sp³-hybridized carbons (Fsp3) is 0.375. The third kappa shape index (κ3) is 5.01. The minimum absolute atomic E-state index is 0.0101. The fourth-order valence-electron chi connectivity index (χ4n) is 0.347. The Morgan fingerprint density at radius 1 is 1.78 bits per heavy atom. The zero-order chi connectivity index (χ0) is 8.85. The lowest BCUT2D eigenvalue weighted by molar-refractivity contribution is -0.113. The summed E-state index contributed by atoms with van der Waals surface area (Å²) in [5, 5.41) is 0. The van der Waals surface area contributed by atoms with Gasteiger partial charge in [0.15, 0.2) is 5.78 Å². The summed E-state index contributed by atoms with van der Waals surface area (Å²) in [6.07, 6.45) is 1.69. The highest BCUT2D eigenvalue weighted by molar-refractivity contribution is 5.90. The number of carbonyl (C=O) groups is 1. The average Bonchev–Trinajstić information content (AvgIpc) is 2.02. The van der Waals surface area contributed by atoms with Gasteiger partial charge in [-0.2, -0.15) is 0 Å². The van der Waals surface area contributed by atoms with Crippen molar-refractivity contribution in [3.8, 4) is 0 Å². The number of ketones is 1. The third-order valence-electron chi connectivity index (χ3n) is 0.792. The van der Waals surface area contributed by atoms with Gasteiger partial charge in [0.1, 0.15) is 0 Å². The standard InChI is InChI=1S/C8H12O/c1-3-5-6-7-8(9)4-2/h4-6H,2-3,7H2,1H3/b6-5-/i5D,6D. The molecule has 0 amide bonds. The van der Waals surface area contributed by atoms with Gasteiger partial charge in [-0.1, -0.05) is 25.6 Å². The fourth-order valence-corrected chi connectivity index (χ4v) is 0.347. The molecule has 0 aliphatic rings. The van der Waals surface area contributed by atoms with Crippen molar-refractivity contribution in [1.29, 1.82) is 0 Å². The number of rotatable bonds is 4. The minimum atomic E-state index is -0.201. The molecule has 9 heavy (non-hydrogen) atoms. The van der Waals surface area contributed by atoms with Gasteiger partial charge in [0.25, 0.3) is 0 Å².